The summed E-state index contributed by atoms with van der Waals surface area (Å²) in [6, 6.07) is 3.67. The number of hydrogen-bond donors (Lipinski definition) is 1. The molecule has 104 valence electrons. The van der Waals surface area contributed by atoms with Crippen molar-refractivity contribution in [2.24, 2.45) is 0 Å². The second-order valence-electron chi connectivity index (χ2n) is 3.82. The van der Waals surface area contributed by atoms with Gasteiger partial charge in [0, 0.05) is 14.7 Å². The van der Waals surface area contributed by atoms with Crippen molar-refractivity contribution in [2.45, 2.75) is 10.9 Å². The van der Waals surface area contributed by atoms with Gasteiger partial charge in [-0.05, 0) is 34.1 Å². The van der Waals surface area contributed by atoms with Gasteiger partial charge in [0.1, 0.15) is 6.04 Å². The van der Waals surface area contributed by atoms with Gasteiger partial charge in [-0.3, -0.25) is 4.79 Å². The smallest absolute Gasteiger partial charge is 0.322 e. The lowest BCUT2D eigenvalue weighted by atomic mass is 10.4. The molecule has 1 aromatic carbocycles. The van der Waals surface area contributed by atoms with Crippen LogP contribution in [0.25, 0.3) is 0 Å². The topological polar surface area (TPSA) is 74.7 Å². The molecule has 1 atom stereocenters. The molecule has 0 aromatic heterocycles. The zero-order chi connectivity index (χ0) is 14.2. The summed E-state index contributed by atoms with van der Waals surface area (Å²) in [5.74, 6) is -0.702. The largest absolute Gasteiger partial charge is 0.480 e. The van der Waals surface area contributed by atoms with Crippen LogP contribution in [0.2, 0.25) is 0 Å². The zero-order valence-corrected chi connectivity index (χ0v) is 14.2. The summed E-state index contributed by atoms with van der Waals surface area (Å²) in [7, 11) is -3.82. The molecule has 5 nitrogen and oxygen atoms in total. The van der Waals surface area contributed by atoms with Crippen LogP contribution in [0.3, 0.4) is 0 Å². The van der Waals surface area contributed by atoms with Crippen molar-refractivity contribution in [3.8, 4) is 0 Å². The van der Waals surface area contributed by atoms with Gasteiger partial charge in [0.2, 0.25) is 10.0 Å². The van der Waals surface area contributed by atoms with Gasteiger partial charge in [-0.2, -0.15) is 4.31 Å². The van der Waals surface area contributed by atoms with E-state index in [1.54, 1.807) is 12.1 Å². The number of thioether (sulfide) groups is 1. The highest BCUT2D eigenvalue weighted by atomic mass is 79.9. The Morgan fingerprint density at radius 1 is 1.42 bits per heavy atom. The average Bonchev–Trinajstić information content (AvgIpc) is 2.77. The summed E-state index contributed by atoms with van der Waals surface area (Å²) in [4.78, 5) is 11.2. The molecule has 2 rings (SSSR count). The maximum absolute atomic E-state index is 12.5. The summed E-state index contributed by atoms with van der Waals surface area (Å²) >= 11 is 7.73. The molecular weight excluding hydrogens is 422 g/mol. The Labute approximate surface area is 131 Å². The first-order valence-electron chi connectivity index (χ1n) is 5.11. The summed E-state index contributed by atoms with van der Waals surface area (Å²) < 4.78 is 27.1. The molecule has 0 bridgehead atoms. The van der Waals surface area contributed by atoms with Crippen LogP contribution in [0.5, 0.6) is 0 Å². The lowest BCUT2D eigenvalue weighted by Crippen LogP contribution is -2.41. The van der Waals surface area contributed by atoms with E-state index in [1.165, 1.54) is 17.8 Å². The molecule has 0 amide bonds. The Bertz CT molecular complexity index is 620. The fourth-order valence-electron chi connectivity index (χ4n) is 1.67. The highest BCUT2D eigenvalue weighted by Gasteiger charge is 2.40. The molecule has 1 fully saturated rings. The fourth-order valence-corrected chi connectivity index (χ4v) is 6.51. The summed E-state index contributed by atoms with van der Waals surface area (Å²) in [6.07, 6.45) is 0. The van der Waals surface area contributed by atoms with Gasteiger partial charge in [-0.15, -0.1) is 11.8 Å². The maximum atomic E-state index is 12.5. The third-order valence-electron chi connectivity index (χ3n) is 2.61. The normalized spacial score (nSPS) is 20.6. The number of halogens is 2. The maximum Gasteiger partial charge on any atom is 0.322 e. The summed E-state index contributed by atoms with van der Waals surface area (Å²) in [5, 5.41) is 9.07. The zero-order valence-electron chi connectivity index (χ0n) is 9.42. The standard InChI is InChI=1S/C10H9Br2NO4S2/c11-6-1-2-9(7(12)3-6)19(16,17)13-5-18-4-8(13)10(14)15/h1-3,8H,4-5H2,(H,14,15). The van der Waals surface area contributed by atoms with Crippen molar-refractivity contribution >= 4 is 59.6 Å². The lowest BCUT2D eigenvalue weighted by molar-refractivity contribution is -0.140. The molecule has 19 heavy (non-hydrogen) atoms. The first-order valence-corrected chi connectivity index (χ1v) is 9.29. The van der Waals surface area contributed by atoms with E-state index in [4.69, 9.17) is 5.11 Å². The van der Waals surface area contributed by atoms with Gasteiger partial charge in [-0.1, -0.05) is 15.9 Å². The first kappa shape index (κ1) is 15.3. The summed E-state index contributed by atoms with van der Waals surface area (Å²) in [5.41, 5.74) is 0. The third kappa shape index (κ3) is 2.99. The Hall–Kier alpha value is -0.0900. The van der Waals surface area contributed by atoms with Crippen molar-refractivity contribution in [1.82, 2.24) is 4.31 Å². The van der Waals surface area contributed by atoms with Crippen molar-refractivity contribution in [2.75, 3.05) is 11.6 Å². The van der Waals surface area contributed by atoms with Gasteiger partial charge >= 0.3 is 5.97 Å². The number of aliphatic carboxylic acids is 1. The van der Waals surface area contributed by atoms with Gasteiger partial charge in [-0.25, -0.2) is 8.42 Å². The number of nitrogens with zero attached hydrogens (tertiary/aromatic N) is 1. The molecule has 1 aromatic rings. The van der Waals surface area contributed by atoms with Crippen molar-refractivity contribution in [1.29, 1.82) is 0 Å². The molecular formula is C10H9Br2NO4S2. The van der Waals surface area contributed by atoms with Crippen molar-refractivity contribution in [3.63, 3.8) is 0 Å². The van der Waals surface area contributed by atoms with Gasteiger partial charge in [0.15, 0.2) is 0 Å². The molecule has 0 radical (unpaired) electrons. The molecule has 0 saturated carbocycles. The second-order valence-corrected chi connectivity index (χ2v) is 8.45. The van der Waals surface area contributed by atoms with E-state index in [0.717, 1.165) is 8.78 Å². The SMILES string of the molecule is O=C(O)C1CSCN1S(=O)(=O)c1ccc(Br)cc1Br. The minimum Gasteiger partial charge on any atom is -0.480 e. The van der Waals surface area contributed by atoms with Crippen LogP contribution < -0.4 is 0 Å². The van der Waals surface area contributed by atoms with Crippen LogP contribution >= 0.6 is 43.6 Å². The molecule has 1 aliphatic rings. The quantitative estimate of drug-likeness (QED) is 0.796. The molecule has 1 aliphatic heterocycles. The highest BCUT2D eigenvalue weighted by molar-refractivity contribution is 9.11. The van der Waals surface area contributed by atoms with E-state index in [9.17, 15) is 13.2 Å². The Balaban J connectivity index is 2.45. The van der Waals surface area contributed by atoms with Gasteiger partial charge in [0.05, 0.1) is 10.8 Å². The summed E-state index contributed by atoms with van der Waals surface area (Å²) in [6.45, 7) is 0. The number of carboxylic acid groups (broad SMARTS) is 1. The van der Waals surface area contributed by atoms with E-state index in [0.29, 0.717) is 4.47 Å². The van der Waals surface area contributed by atoms with Crippen LogP contribution in [0.15, 0.2) is 32.0 Å². The number of sulfonamides is 1. The molecule has 1 N–H and O–H groups in total. The third-order valence-corrected chi connectivity index (χ3v) is 7.11. The van der Waals surface area contributed by atoms with Gasteiger partial charge in [0.25, 0.3) is 0 Å². The van der Waals surface area contributed by atoms with E-state index in [1.807, 2.05) is 0 Å². The molecule has 0 aliphatic carbocycles. The number of benzene rings is 1. The predicted molar refractivity (Wildman–Crippen MR) is 79.6 cm³/mol. The first-order chi connectivity index (χ1) is 8.84. The van der Waals surface area contributed by atoms with E-state index < -0.39 is 22.0 Å². The number of carbonyl (C=O) groups is 1. The minimum atomic E-state index is -3.82. The van der Waals surface area contributed by atoms with Crippen LogP contribution in [0, 0.1) is 0 Å². The lowest BCUT2D eigenvalue weighted by Gasteiger charge is -2.20. The Morgan fingerprint density at radius 3 is 2.68 bits per heavy atom. The molecule has 9 heteroatoms. The highest BCUT2D eigenvalue weighted by Crippen LogP contribution is 2.33. The number of hydrogen-bond acceptors (Lipinski definition) is 4. The molecule has 0 spiro atoms. The van der Waals surface area contributed by atoms with Crippen LogP contribution in [-0.4, -0.2) is 41.5 Å². The van der Waals surface area contributed by atoms with E-state index in [-0.39, 0.29) is 16.5 Å². The monoisotopic (exact) mass is 429 g/mol. The number of carboxylic acids is 1. The molecule has 1 unspecified atom stereocenters. The Kier molecular flexibility index (Phi) is 4.61. The van der Waals surface area contributed by atoms with Crippen molar-refractivity contribution < 1.29 is 18.3 Å². The van der Waals surface area contributed by atoms with E-state index >= 15 is 0 Å². The fraction of sp³-hybridized carbons (Fsp3) is 0.300. The average molecular weight is 431 g/mol. The predicted octanol–water partition coefficient (Wildman–Crippen LogP) is 2.36. The van der Waals surface area contributed by atoms with Crippen LogP contribution in [0.4, 0.5) is 0 Å². The van der Waals surface area contributed by atoms with Crippen LogP contribution in [0.1, 0.15) is 0 Å². The second kappa shape index (κ2) is 5.72. The van der Waals surface area contributed by atoms with E-state index in [2.05, 4.69) is 31.9 Å². The van der Waals surface area contributed by atoms with Crippen LogP contribution in [-0.2, 0) is 14.8 Å². The van der Waals surface area contributed by atoms with Gasteiger partial charge < -0.3 is 5.11 Å². The number of rotatable bonds is 3. The van der Waals surface area contributed by atoms with Crippen molar-refractivity contribution in [3.05, 3.63) is 27.1 Å². The Morgan fingerprint density at radius 2 is 2.11 bits per heavy atom. The molecule has 1 heterocycles. The molecule has 1 saturated heterocycles. The minimum absolute atomic E-state index is 0.0736.